The lowest BCUT2D eigenvalue weighted by Crippen LogP contribution is -2.52. The Morgan fingerprint density at radius 2 is 2.17 bits per heavy atom. The molecule has 18 heavy (non-hydrogen) atoms. The van der Waals surface area contributed by atoms with Crippen molar-refractivity contribution in [2.45, 2.75) is 18.9 Å². The third-order valence-corrected chi connectivity index (χ3v) is 2.93. The molecule has 0 heterocycles. The molecule has 0 radical (unpaired) electrons. The molecule has 6 heteroatoms. The Hall–Kier alpha value is -1.69. The Labute approximate surface area is 112 Å². The summed E-state index contributed by atoms with van der Waals surface area (Å²) in [5.74, 6) is -1.79. The summed E-state index contributed by atoms with van der Waals surface area (Å²) in [5.41, 5.74) is -1.27. The fraction of sp³-hybridized carbons (Fsp3) is 0.250. The molecule has 0 aliphatic rings. The minimum absolute atomic E-state index is 0.290. The number of carboxylic acids is 1. The zero-order valence-corrected chi connectivity index (χ0v) is 11.2. The van der Waals surface area contributed by atoms with E-state index < -0.39 is 17.4 Å². The number of carbonyl (C=O) groups is 3. The number of hydrogen-bond donors (Lipinski definition) is 2. The predicted octanol–water partition coefficient (Wildman–Crippen LogP) is 1.61. The predicted molar refractivity (Wildman–Crippen MR) is 68.3 cm³/mol. The number of carbonyl (C=O) groups excluding carboxylic acids is 2. The van der Waals surface area contributed by atoms with E-state index in [1.54, 1.807) is 24.3 Å². The second kappa shape index (κ2) is 5.77. The number of rotatable bonds is 5. The molecule has 96 valence electrons. The Bertz CT molecular complexity index is 489. The van der Waals surface area contributed by atoms with Crippen molar-refractivity contribution in [2.24, 2.45) is 0 Å². The molecular weight excluding hydrogens is 302 g/mol. The fourth-order valence-corrected chi connectivity index (χ4v) is 1.71. The van der Waals surface area contributed by atoms with Crippen molar-refractivity contribution in [3.63, 3.8) is 0 Å². The number of nitrogens with one attached hydrogen (secondary N) is 1. The van der Waals surface area contributed by atoms with Gasteiger partial charge in [-0.3, -0.25) is 4.79 Å². The number of carboxylic acid groups (broad SMARTS) is 1. The van der Waals surface area contributed by atoms with Crippen molar-refractivity contribution in [3.8, 4) is 0 Å². The van der Waals surface area contributed by atoms with Gasteiger partial charge in [-0.25, -0.2) is 4.79 Å². The highest BCUT2D eigenvalue weighted by Gasteiger charge is 2.34. The first-order valence-corrected chi connectivity index (χ1v) is 5.93. The van der Waals surface area contributed by atoms with Crippen LogP contribution in [-0.2, 0) is 9.59 Å². The first-order valence-electron chi connectivity index (χ1n) is 5.14. The van der Waals surface area contributed by atoms with Crippen LogP contribution in [0.25, 0.3) is 0 Å². The van der Waals surface area contributed by atoms with Crippen LogP contribution >= 0.6 is 15.9 Å². The molecule has 1 aromatic rings. The van der Waals surface area contributed by atoms with Crippen LogP contribution in [-0.4, -0.2) is 28.8 Å². The normalized spacial score (nSPS) is 13.4. The number of aliphatic carboxylic acids is 1. The van der Waals surface area contributed by atoms with E-state index in [9.17, 15) is 14.4 Å². The van der Waals surface area contributed by atoms with Gasteiger partial charge in [0.05, 0.1) is 0 Å². The third-order valence-electron chi connectivity index (χ3n) is 2.44. The number of halogens is 1. The van der Waals surface area contributed by atoms with Crippen molar-refractivity contribution in [1.82, 2.24) is 5.32 Å². The molecule has 0 saturated carbocycles. The van der Waals surface area contributed by atoms with E-state index >= 15 is 0 Å². The van der Waals surface area contributed by atoms with E-state index in [4.69, 9.17) is 5.11 Å². The van der Waals surface area contributed by atoms with Gasteiger partial charge in [-0.1, -0.05) is 22.0 Å². The second-order valence-electron chi connectivity index (χ2n) is 3.97. The Morgan fingerprint density at radius 1 is 1.50 bits per heavy atom. The van der Waals surface area contributed by atoms with E-state index in [2.05, 4.69) is 21.2 Å². The molecule has 1 amide bonds. The summed E-state index contributed by atoms with van der Waals surface area (Å²) in [4.78, 5) is 33.4. The molecule has 0 aliphatic carbocycles. The Kier molecular flexibility index (Phi) is 4.61. The van der Waals surface area contributed by atoms with Crippen molar-refractivity contribution in [2.75, 3.05) is 0 Å². The average molecular weight is 314 g/mol. The zero-order valence-electron chi connectivity index (χ0n) is 9.64. The van der Waals surface area contributed by atoms with Gasteiger partial charge in [-0.05, 0) is 25.1 Å². The maximum absolute atomic E-state index is 11.9. The van der Waals surface area contributed by atoms with E-state index in [0.29, 0.717) is 16.3 Å². The molecule has 1 aromatic carbocycles. The Balaban J connectivity index is 2.92. The molecule has 5 nitrogen and oxygen atoms in total. The number of aldehydes is 1. The zero-order chi connectivity index (χ0) is 13.8. The summed E-state index contributed by atoms with van der Waals surface area (Å²) in [5, 5.41) is 11.4. The lowest BCUT2D eigenvalue weighted by Gasteiger charge is -2.23. The lowest BCUT2D eigenvalue weighted by atomic mass is 9.98. The van der Waals surface area contributed by atoms with Crippen LogP contribution in [0.4, 0.5) is 0 Å². The third kappa shape index (κ3) is 3.40. The molecule has 0 saturated heterocycles. The molecule has 0 unspecified atom stereocenters. The van der Waals surface area contributed by atoms with Gasteiger partial charge in [0.2, 0.25) is 0 Å². The number of amides is 1. The minimum atomic E-state index is -1.60. The summed E-state index contributed by atoms with van der Waals surface area (Å²) in [6, 6.07) is 6.54. The topological polar surface area (TPSA) is 83.5 Å². The number of benzene rings is 1. The van der Waals surface area contributed by atoms with Crippen molar-refractivity contribution in [1.29, 1.82) is 0 Å². The summed E-state index contributed by atoms with van der Waals surface area (Å²) < 4.78 is 0.711. The summed E-state index contributed by atoms with van der Waals surface area (Å²) in [6.07, 6.45) is 0.178. The highest BCUT2D eigenvalue weighted by molar-refractivity contribution is 9.10. The molecule has 1 atom stereocenters. The molecule has 0 aliphatic heterocycles. The first kappa shape index (κ1) is 14.4. The number of hydrogen-bond acceptors (Lipinski definition) is 3. The van der Waals surface area contributed by atoms with E-state index in [0.717, 1.165) is 0 Å². The van der Waals surface area contributed by atoms with Gasteiger partial charge >= 0.3 is 5.97 Å². The summed E-state index contributed by atoms with van der Waals surface area (Å²) in [7, 11) is 0. The van der Waals surface area contributed by atoms with E-state index in [1.807, 2.05) is 0 Å². The molecular formula is C12H12BrNO4. The fourth-order valence-electron chi connectivity index (χ4n) is 1.31. The van der Waals surface area contributed by atoms with Crippen LogP contribution in [0, 0.1) is 0 Å². The van der Waals surface area contributed by atoms with Gasteiger partial charge < -0.3 is 15.2 Å². The van der Waals surface area contributed by atoms with Crippen molar-refractivity contribution in [3.05, 3.63) is 34.3 Å². The van der Waals surface area contributed by atoms with Crippen LogP contribution in [0.15, 0.2) is 28.7 Å². The van der Waals surface area contributed by atoms with Gasteiger partial charge in [0.1, 0.15) is 11.8 Å². The van der Waals surface area contributed by atoms with Gasteiger partial charge in [-0.2, -0.15) is 0 Å². The standard InChI is InChI=1S/C12H12BrNO4/c1-12(5-6-15,11(17)18)14-10(16)8-3-2-4-9(13)7-8/h2-4,6-7H,5H2,1H3,(H,14,16)(H,17,18)/t12-/m1/s1. The van der Waals surface area contributed by atoms with Gasteiger partial charge in [-0.15, -0.1) is 0 Å². The van der Waals surface area contributed by atoms with Crippen LogP contribution in [0.3, 0.4) is 0 Å². The average Bonchev–Trinajstić information content (AvgIpc) is 2.29. The van der Waals surface area contributed by atoms with Crippen LogP contribution in [0.2, 0.25) is 0 Å². The maximum Gasteiger partial charge on any atom is 0.329 e. The molecule has 1 rings (SSSR count). The van der Waals surface area contributed by atoms with E-state index in [-0.39, 0.29) is 6.42 Å². The van der Waals surface area contributed by atoms with Crippen LogP contribution < -0.4 is 5.32 Å². The van der Waals surface area contributed by atoms with Crippen LogP contribution in [0.1, 0.15) is 23.7 Å². The van der Waals surface area contributed by atoms with Gasteiger partial charge in [0, 0.05) is 16.5 Å². The summed E-state index contributed by atoms with van der Waals surface area (Å²) >= 11 is 3.22. The minimum Gasteiger partial charge on any atom is -0.480 e. The molecule has 0 spiro atoms. The highest BCUT2D eigenvalue weighted by atomic mass is 79.9. The van der Waals surface area contributed by atoms with E-state index in [1.165, 1.54) is 6.92 Å². The molecule has 0 fully saturated rings. The SMILES string of the molecule is C[C@](CC=O)(NC(=O)c1cccc(Br)c1)C(=O)O. The highest BCUT2D eigenvalue weighted by Crippen LogP contribution is 2.14. The molecule has 0 aromatic heterocycles. The lowest BCUT2D eigenvalue weighted by molar-refractivity contribution is -0.144. The van der Waals surface area contributed by atoms with Crippen molar-refractivity contribution < 1.29 is 19.5 Å². The first-order chi connectivity index (χ1) is 8.39. The maximum atomic E-state index is 11.9. The second-order valence-corrected chi connectivity index (χ2v) is 4.89. The largest absolute Gasteiger partial charge is 0.480 e. The smallest absolute Gasteiger partial charge is 0.329 e. The molecule has 2 N–H and O–H groups in total. The van der Waals surface area contributed by atoms with Gasteiger partial charge in [0.15, 0.2) is 0 Å². The monoisotopic (exact) mass is 313 g/mol. The van der Waals surface area contributed by atoms with Crippen LogP contribution in [0.5, 0.6) is 0 Å². The quantitative estimate of drug-likeness (QED) is 0.809. The molecule has 0 bridgehead atoms. The summed E-state index contributed by atoms with van der Waals surface area (Å²) in [6.45, 7) is 1.29. The van der Waals surface area contributed by atoms with Gasteiger partial charge in [0.25, 0.3) is 5.91 Å². The Morgan fingerprint density at radius 3 is 2.67 bits per heavy atom. The van der Waals surface area contributed by atoms with Crippen molar-refractivity contribution >= 4 is 34.1 Å².